The van der Waals surface area contributed by atoms with E-state index >= 15 is 0 Å². The van der Waals surface area contributed by atoms with Crippen LogP contribution in [0.25, 0.3) is 0 Å². The molecule has 1 aromatic rings. The number of nitrogens with one attached hydrogen (secondary N) is 2. The molecule has 11 nitrogen and oxygen atoms in total. The van der Waals surface area contributed by atoms with Crippen molar-refractivity contribution in [1.29, 1.82) is 0 Å². The number of hydrogen-bond acceptors (Lipinski definition) is 9. The molecule has 4 unspecified atom stereocenters. The number of ether oxygens (including phenoxy) is 1. The minimum Gasteiger partial charge on any atom is -0.467 e. The summed E-state index contributed by atoms with van der Waals surface area (Å²) in [7, 11) is 1.57. The number of nitrogens with two attached hydrogens (primary N) is 1. The van der Waals surface area contributed by atoms with Crippen LogP contribution in [0.4, 0.5) is 4.79 Å². The quantitative estimate of drug-likeness (QED) is 0.295. The first-order chi connectivity index (χ1) is 14.8. The lowest BCUT2D eigenvalue weighted by molar-refractivity contribution is -0.137. The van der Waals surface area contributed by atoms with Gasteiger partial charge in [-0.3, -0.25) is 9.59 Å². The van der Waals surface area contributed by atoms with Crippen LogP contribution in [0.3, 0.4) is 0 Å². The van der Waals surface area contributed by atoms with Gasteiger partial charge in [-0.25, -0.2) is 4.79 Å². The first-order valence-corrected chi connectivity index (χ1v) is 9.76. The normalized spacial score (nSPS) is 30.5. The van der Waals surface area contributed by atoms with Crippen LogP contribution in [-0.2, 0) is 20.9 Å². The van der Waals surface area contributed by atoms with E-state index in [4.69, 9.17) is 19.1 Å². The molecule has 0 aromatic carbocycles. The Balaban J connectivity index is 0.000000535. The molecule has 166 valence electrons. The zero-order valence-corrected chi connectivity index (χ0v) is 17.0. The minimum absolute atomic E-state index is 0.00526. The Labute approximate surface area is 177 Å². The molecule has 1 aliphatic carbocycles. The smallest absolute Gasteiger partial charge is 0.402 e. The molecule has 31 heavy (non-hydrogen) atoms. The maximum atomic E-state index is 13.3. The summed E-state index contributed by atoms with van der Waals surface area (Å²) in [5.41, 5.74) is 4.52. The number of furan rings is 1. The molecular weight excluding hydrogens is 408 g/mol. The molecule has 4 aliphatic rings. The van der Waals surface area contributed by atoms with E-state index in [9.17, 15) is 14.7 Å². The van der Waals surface area contributed by atoms with Gasteiger partial charge in [0.1, 0.15) is 5.76 Å². The molecule has 11 heteroatoms. The summed E-state index contributed by atoms with van der Waals surface area (Å²) in [5.74, 6) is -0.354. The number of ketones is 2. The Kier molecular flexibility index (Phi) is 5.12. The average Bonchev–Trinajstić information content (AvgIpc) is 3.09. The Morgan fingerprint density at radius 3 is 2.74 bits per heavy atom. The Morgan fingerprint density at radius 2 is 2.16 bits per heavy atom. The fourth-order valence-electron chi connectivity index (χ4n) is 4.95. The largest absolute Gasteiger partial charge is 0.467 e. The van der Waals surface area contributed by atoms with Crippen LogP contribution < -0.4 is 16.4 Å². The van der Waals surface area contributed by atoms with Gasteiger partial charge < -0.3 is 40.6 Å². The molecule has 4 atom stereocenters. The van der Waals surface area contributed by atoms with Gasteiger partial charge in [-0.2, -0.15) is 0 Å². The third-order valence-corrected chi connectivity index (χ3v) is 6.24. The first-order valence-electron chi connectivity index (χ1n) is 9.76. The van der Waals surface area contributed by atoms with Crippen LogP contribution in [0.5, 0.6) is 0 Å². The van der Waals surface area contributed by atoms with E-state index in [1.807, 2.05) is 4.90 Å². The molecule has 3 aliphatic heterocycles. The topological polar surface area (TPSA) is 177 Å². The van der Waals surface area contributed by atoms with Crippen LogP contribution in [0.1, 0.15) is 12.7 Å². The van der Waals surface area contributed by atoms with Gasteiger partial charge in [0, 0.05) is 30.8 Å². The van der Waals surface area contributed by atoms with Gasteiger partial charge in [0.25, 0.3) is 0 Å². The molecule has 5 rings (SSSR count). The number of carbonyl (C=O) groups excluding carboxylic acids is 2. The lowest BCUT2D eigenvalue weighted by atomic mass is 9.82. The number of aliphatic hydroxyl groups is 1. The number of Topliss-reactive ketones (excluding diaryl/α,β-unsaturated/α-hetero) is 2. The number of aliphatic hydroxyl groups excluding tert-OH is 1. The van der Waals surface area contributed by atoms with Crippen molar-refractivity contribution in [3.8, 4) is 0 Å². The van der Waals surface area contributed by atoms with E-state index in [-0.39, 0.29) is 36.0 Å². The highest BCUT2D eigenvalue weighted by Gasteiger charge is 2.72. The number of carboxylic acid groups (broad SMARTS) is 1. The molecule has 4 heterocycles. The highest BCUT2D eigenvalue weighted by Crippen LogP contribution is 2.55. The summed E-state index contributed by atoms with van der Waals surface area (Å²) in [4.78, 5) is 37.2. The van der Waals surface area contributed by atoms with Gasteiger partial charge in [0.05, 0.1) is 42.8 Å². The predicted octanol–water partition coefficient (Wildman–Crippen LogP) is -0.707. The van der Waals surface area contributed by atoms with Crippen molar-refractivity contribution in [2.45, 2.75) is 31.3 Å². The summed E-state index contributed by atoms with van der Waals surface area (Å²) in [6.45, 7) is 2.29. The third-order valence-electron chi connectivity index (χ3n) is 6.24. The van der Waals surface area contributed by atoms with E-state index in [1.165, 1.54) is 0 Å². The predicted molar refractivity (Wildman–Crippen MR) is 105 cm³/mol. The van der Waals surface area contributed by atoms with E-state index in [1.54, 1.807) is 32.4 Å². The number of piperazine rings is 1. The van der Waals surface area contributed by atoms with Gasteiger partial charge in [0.15, 0.2) is 5.72 Å². The van der Waals surface area contributed by atoms with Crippen molar-refractivity contribution in [3.05, 3.63) is 46.7 Å². The van der Waals surface area contributed by atoms with E-state index in [2.05, 4.69) is 16.4 Å². The van der Waals surface area contributed by atoms with Crippen LogP contribution in [-0.4, -0.2) is 70.8 Å². The monoisotopic (exact) mass is 432 g/mol. The lowest BCUT2D eigenvalue weighted by Gasteiger charge is -2.39. The van der Waals surface area contributed by atoms with E-state index in [0.29, 0.717) is 35.7 Å². The molecule has 0 saturated carbocycles. The highest BCUT2D eigenvalue weighted by molar-refractivity contribution is 6.25. The minimum atomic E-state index is -1.33. The molecule has 1 aromatic heterocycles. The number of nitrogens with zero attached hydrogens (tertiary/aromatic N) is 1. The number of carbonyl (C=O) groups is 3. The van der Waals surface area contributed by atoms with E-state index in [0.717, 1.165) is 0 Å². The molecule has 2 saturated heterocycles. The van der Waals surface area contributed by atoms with Gasteiger partial charge in [-0.05, 0) is 19.1 Å². The number of allylic oxidation sites excluding steroid dienone is 2. The second-order valence-electron chi connectivity index (χ2n) is 7.74. The summed E-state index contributed by atoms with van der Waals surface area (Å²) in [6.07, 6.45) is 0.224. The van der Waals surface area contributed by atoms with Crippen molar-refractivity contribution >= 4 is 17.7 Å². The zero-order chi connectivity index (χ0) is 22.5. The van der Waals surface area contributed by atoms with Crippen molar-refractivity contribution in [2.24, 2.45) is 11.7 Å². The van der Waals surface area contributed by atoms with Gasteiger partial charge in [-0.1, -0.05) is 0 Å². The van der Waals surface area contributed by atoms with Crippen LogP contribution in [0.15, 0.2) is 45.4 Å². The third kappa shape index (κ3) is 3.04. The summed E-state index contributed by atoms with van der Waals surface area (Å²) in [5, 5.41) is 23.7. The Hall–Kier alpha value is -3.15. The second-order valence-corrected chi connectivity index (χ2v) is 7.74. The SMILES string of the molecule is COC12C(CO)C3=C(C(=O)C(C)=C(NCc4ccco4)C3=O)N1CC1NC12.NC(=O)O. The lowest BCUT2D eigenvalue weighted by Crippen LogP contribution is -2.54. The number of rotatable bonds is 5. The summed E-state index contributed by atoms with van der Waals surface area (Å²) in [6, 6.07) is 3.79. The highest BCUT2D eigenvalue weighted by atomic mass is 16.5. The number of hydrogen-bond donors (Lipinski definition) is 5. The first kappa shape index (κ1) is 21.1. The van der Waals surface area contributed by atoms with Crippen LogP contribution in [0, 0.1) is 5.92 Å². The molecule has 6 N–H and O–H groups in total. The average molecular weight is 432 g/mol. The number of amides is 1. The summed E-state index contributed by atoms with van der Waals surface area (Å²) < 4.78 is 11.2. The van der Waals surface area contributed by atoms with Crippen LogP contribution in [0.2, 0.25) is 0 Å². The number of fused-ring (bicyclic) bond motifs is 4. The van der Waals surface area contributed by atoms with Gasteiger partial charge >= 0.3 is 6.09 Å². The van der Waals surface area contributed by atoms with Crippen molar-refractivity contribution in [3.63, 3.8) is 0 Å². The number of primary amides is 1. The zero-order valence-electron chi connectivity index (χ0n) is 17.0. The fraction of sp³-hybridized carbons (Fsp3) is 0.450. The summed E-state index contributed by atoms with van der Waals surface area (Å²) >= 11 is 0. The molecular formula is C20H24N4O7. The molecule has 0 bridgehead atoms. The number of methoxy groups -OCH3 is 1. The van der Waals surface area contributed by atoms with Crippen molar-refractivity contribution in [1.82, 2.24) is 15.5 Å². The standard InChI is InChI=1S/C19H21N3O5.CH3NO2/c1-9-14(20-6-10-4-3-5-27-10)17(25)13-11(8-23)19(26-2)18-12(21-18)7-22(19)15(13)16(9)24;2-1(3)4/h3-5,11-12,18,20-21,23H,6-8H2,1-2H3;2H2,(H,3,4). The maximum absolute atomic E-state index is 13.3. The van der Waals surface area contributed by atoms with Gasteiger partial charge in [-0.15, -0.1) is 0 Å². The van der Waals surface area contributed by atoms with Crippen molar-refractivity contribution < 1.29 is 33.8 Å². The molecule has 2 fully saturated rings. The Morgan fingerprint density at radius 1 is 1.45 bits per heavy atom. The van der Waals surface area contributed by atoms with E-state index < -0.39 is 17.7 Å². The molecule has 0 spiro atoms. The van der Waals surface area contributed by atoms with Crippen LogP contribution >= 0.6 is 0 Å². The Bertz CT molecular complexity index is 995. The fourth-order valence-corrected chi connectivity index (χ4v) is 4.95. The maximum Gasteiger partial charge on any atom is 0.402 e. The van der Waals surface area contributed by atoms with Gasteiger partial charge in [0.2, 0.25) is 11.6 Å². The molecule has 1 amide bonds. The van der Waals surface area contributed by atoms with Crippen molar-refractivity contribution in [2.75, 3.05) is 20.3 Å². The molecule has 0 radical (unpaired) electrons. The second kappa shape index (κ2) is 7.52.